The normalized spacial score (nSPS) is 23.7. The van der Waals surface area contributed by atoms with Crippen LogP contribution in [-0.4, -0.2) is 43.3 Å². The van der Waals surface area contributed by atoms with Gasteiger partial charge in [-0.15, -0.1) is 0 Å². The van der Waals surface area contributed by atoms with Gasteiger partial charge in [0.1, 0.15) is 0 Å². The second-order valence-electron chi connectivity index (χ2n) is 4.16. The predicted octanol–water partition coefficient (Wildman–Crippen LogP) is 0.641. The molecule has 2 rings (SSSR count). The first-order chi connectivity index (χ1) is 7.38. The number of hydrogen-bond acceptors (Lipinski definition) is 4. The molecular weight excluding hydrogens is 192 g/mol. The Balaban J connectivity index is 0.000000337. The van der Waals surface area contributed by atoms with Crippen LogP contribution in [0.1, 0.15) is 32.1 Å². The van der Waals surface area contributed by atoms with Crippen molar-refractivity contribution < 1.29 is 9.59 Å². The lowest BCUT2D eigenvalue weighted by Gasteiger charge is -2.36. The van der Waals surface area contributed by atoms with Crippen molar-refractivity contribution in [2.45, 2.75) is 38.1 Å². The van der Waals surface area contributed by atoms with Crippen molar-refractivity contribution in [2.75, 3.05) is 26.2 Å². The molecule has 0 aliphatic carbocycles. The number of hydrogen-bond donors (Lipinski definition) is 1. The van der Waals surface area contributed by atoms with Gasteiger partial charge in [-0.3, -0.25) is 0 Å². The lowest BCUT2D eigenvalue weighted by molar-refractivity contribution is -0.191. The lowest BCUT2D eigenvalue weighted by atomic mass is 10.0. The molecule has 4 nitrogen and oxygen atoms in total. The highest BCUT2D eigenvalue weighted by atomic mass is 16.2. The molecule has 2 aliphatic heterocycles. The number of nitrogens with one attached hydrogen (secondary N) is 1. The van der Waals surface area contributed by atoms with E-state index in [4.69, 9.17) is 9.59 Å². The number of nitrogens with zero attached hydrogens (tertiary/aromatic N) is 1. The Hall–Kier alpha value is -0.700. The third-order valence-corrected chi connectivity index (χ3v) is 3.22. The Morgan fingerprint density at radius 3 is 2.07 bits per heavy atom. The maximum atomic E-state index is 8.12. The number of carbonyl (C=O) groups excluding carboxylic acids is 2. The van der Waals surface area contributed by atoms with E-state index in [1.54, 1.807) is 0 Å². The molecule has 0 amide bonds. The van der Waals surface area contributed by atoms with Gasteiger partial charge in [-0.05, 0) is 51.9 Å². The molecule has 0 aromatic heterocycles. The molecule has 2 aliphatic rings. The van der Waals surface area contributed by atoms with E-state index in [9.17, 15) is 0 Å². The predicted molar refractivity (Wildman–Crippen MR) is 56.3 cm³/mol. The van der Waals surface area contributed by atoms with E-state index >= 15 is 0 Å². The number of piperidine rings is 2. The zero-order valence-corrected chi connectivity index (χ0v) is 9.21. The van der Waals surface area contributed by atoms with Gasteiger partial charge in [0.25, 0.3) is 0 Å². The van der Waals surface area contributed by atoms with Crippen LogP contribution in [0.15, 0.2) is 0 Å². The minimum Gasteiger partial charge on any atom is -0.317 e. The van der Waals surface area contributed by atoms with E-state index in [2.05, 4.69) is 10.2 Å². The summed E-state index contributed by atoms with van der Waals surface area (Å²) < 4.78 is 0. The van der Waals surface area contributed by atoms with Crippen molar-refractivity contribution in [1.82, 2.24) is 10.2 Å². The van der Waals surface area contributed by atoms with Crippen molar-refractivity contribution in [3.8, 4) is 0 Å². The molecule has 0 bridgehead atoms. The molecule has 0 atom stereocenters. The fourth-order valence-corrected chi connectivity index (χ4v) is 2.46. The van der Waals surface area contributed by atoms with Gasteiger partial charge in [0.15, 0.2) is 0 Å². The minimum absolute atomic E-state index is 0.250. The molecule has 15 heavy (non-hydrogen) atoms. The van der Waals surface area contributed by atoms with Crippen molar-refractivity contribution in [1.29, 1.82) is 0 Å². The molecule has 0 aromatic rings. The van der Waals surface area contributed by atoms with Crippen LogP contribution in [0.2, 0.25) is 0 Å². The molecule has 0 spiro atoms. The van der Waals surface area contributed by atoms with Gasteiger partial charge >= 0.3 is 6.15 Å². The van der Waals surface area contributed by atoms with Crippen LogP contribution >= 0.6 is 0 Å². The summed E-state index contributed by atoms with van der Waals surface area (Å²) in [6.07, 6.45) is 7.33. The molecule has 0 unspecified atom stereocenters. The largest absolute Gasteiger partial charge is 0.373 e. The summed E-state index contributed by atoms with van der Waals surface area (Å²) in [5.74, 6) is 0. The molecule has 86 valence electrons. The molecule has 2 fully saturated rings. The second-order valence-corrected chi connectivity index (χ2v) is 4.16. The zero-order valence-electron chi connectivity index (χ0n) is 9.21. The van der Waals surface area contributed by atoms with Gasteiger partial charge in [0.2, 0.25) is 0 Å². The van der Waals surface area contributed by atoms with E-state index < -0.39 is 0 Å². The van der Waals surface area contributed by atoms with Crippen molar-refractivity contribution in [3.05, 3.63) is 0 Å². The highest BCUT2D eigenvalue weighted by molar-refractivity contribution is 5.20. The highest BCUT2D eigenvalue weighted by Gasteiger charge is 2.21. The summed E-state index contributed by atoms with van der Waals surface area (Å²) in [6, 6.07) is 0.909. The second kappa shape index (κ2) is 7.57. The summed E-state index contributed by atoms with van der Waals surface area (Å²) in [5, 5.41) is 3.43. The topological polar surface area (TPSA) is 49.4 Å². The van der Waals surface area contributed by atoms with Gasteiger partial charge < -0.3 is 10.2 Å². The average molecular weight is 212 g/mol. The minimum atomic E-state index is 0.250. The summed E-state index contributed by atoms with van der Waals surface area (Å²) in [5.41, 5.74) is 0. The van der Waals surface area contributed by atoms with Crippen LogP contribution < -0.4 is 5.32 Å². The fraction of sp³-hybridized carbons (Fsp3) is 0.909. The van der Waals surface area contributed by atoms with Crippen LogP contribution in [0, 0.1) is 0 Å². The first-order valence-electron chi connectivity index (χ1n) is 5.82. The summed E-state index contributed by atoms with van der Waals surface area (Å²) in [6.45, 7) is 5.21. The monoisotopic (exact) mass is 212 g/mol. The molecule has 0 aromatic carbocycles. The van der Waals surface area contributed by atoms with Crippen LogP contribution in [-0.2, 0) is 9.59 Å². The SMILES string of the molecule is C1CCN(C2CCNCC2)CC1.O=C=O. The van der Waals surface area contributed by atoms with Crippen LogP contribution in [0.4, 0.5) is 0 Å². The third-order valence-electron chi connectivity index (χ3n) is 3.22. The lowest BCUT2D eigenvalue weighted by Crippen LogP contribution is -2.45. The van der Waals surface area contributed by atoms with Gasteiger partial charge in [0, 0.05) is 6.04 Å². The van der Waals surface area contributed by atoms with Crippen LogP contribution in [0.5, 0.6) is 0 Å². The molecule has 0 radical (unpaired) electrons. The standard InChI is InChI=1S/C10H20N2.CO2/c1-2-8-12(9-3-1)10-4-6-11-7-5-10;2-1-3/h10-11H,1-9H2;. The summed E-state index contributed by atoms with van der Waals surface area (Å²) >= 11 is 0. The van der Waals surface area contributed by atoms with E-state index in [1.165, 1.54) is 58.3 Å². The van der Waals surface area contributed by atoms with Gasteiger partial charge in [0.05, 0.1) is 0 Å². The zero-order chi connectivity index (χ0) is 10.9. The van der Waals surface area contributed by atoms with Gasteiger partial charge in [-0.2, -0.15) is 9.59 Å². The quantitative estimate of drug-likeness (QED) is 0.693. The molecule has 0 saturated carbocycles. The Labute approximate surface area is 91.0 Å². The van der Waals surface area contributed by atoms with E-state index in [1.807, 2.05) is 0 Å². The highest BCUT2D eigenvalue weighted by Crippen LogP contribution is 2.17. The molecule has 4 heteroatoms. The average Bonchev–Trinajstić information content (AvgIpc) is 2.32. The van der Waals surface area contributed by atoms with Gasteiger partial charge in [-0.25, -0.2) is 0 Å². The smallest absolute Gasteiger partial charge is 0.317 e. The number of rotatable bonds is 1. The van der Waals surface area contributed by atoms with Gasteiger partial charge in [-0.1, -0.05) is 6.42 Å². The van der Waals surface area contributed by atoms with Crippen molar-refractivity contribution in [2.24, 2.45) is 0 Å². The Morgan fingerprint density at radius 2 is 1.53 bits per heavy atom. The molecule has 2 saturated heterocycles. The summed E-state index contributed by atoms with van der Waals surface area (Å²) in [7, 11) is 0. The van der Waals surface area contributed by atoms with E-state index in [0.29, 0.717) is 0 Å². The van der Waals surface area contributed by atoms with E-state index in [-0.39, 0.29) is 6.15 Å². The Kier molecular flexibility index (Phi) is 6.25. The van der Waals surface area contributed by atoms with Crippen LogP contribution in [0.25, 0.3) is 0 Å². The maximum Gasteiger partial charge on any atom is 0.373 e. The maximum absolute atomic E-state index is 8.12. The first kappa shape index (κ1) is 12.4. The van der Waals surface area contributed by atoms with E-state index in [0.717, 1.165) is 6.04 Å². The Bertz CT molecular complexity index is 175. The summed E-state index contributed by atoms with van der Waals surface area (Å²) in [4.78, 5) is 19.0. The van der Waals surface area contributed by atoms with Crippen LogP contribution in [0.3, 0.4) is 0 Å². The molecule has 2 heterocycles. The first-order valence-corrected chi connectivity index (χ1v) is 5.82. The third kappa shape index (κ3) is 4.56. The molecular formula is C11H20N2O2. The number of likely N-dealkylation sites (tertiary alicyclic amines) is 1. The van der Waals surface area contributed by atoms with Crippen molar-refractivity contribution in [3.63, 3.8) is 0 Å². The molecule has 1 N–H and O–H groups in total. The van der Waals surface area contributed by atoms with Crippen molar-refractivity contribution >= 4 is 6.15 Å². The Morgan fingerprint density at radius 1 is 1.00 bits per heavy atom. The fourth-order valence-electron chi connectivity index (χ4n) is 2.46.